The van der Waals surface area contributed by atoms with Gasteiger partial charge < -0.3 is 25.0 Å². The Morgan fingerprint density at radius 2 is 1.74 bits per heavy atom. The van der Waals surface area contributed by atoms with Crippen LogP contribution in [0.3, 0.4) is 0 Å². The molecule has 2 N–H and O–H groups in total. The zero-order chi connectivity index (χ0) is 24.1. The van der Waals surface area contributed by atoms with Crippen molar-refractivity contribution in [2.75, 3.05) is 51.3 Å². The lowest BCUT2D eigenvalue weighted by molar-refractivity contribution is -0.139. The number of halogens is 1. The van der Waals surface area contributed by atoms with E-state index in [1.165, 1.54) is 0 Å². The van der Waals surface area contributed by atoms with Crippen molar-refractivity contribution in [3.8, 4) is 5.75 Å². The Bertz CT molecular complexity index is 1050. The van der Waals surface area contributed by atoms with Crippen molar-refractivity contribution in [3.63, 3.8) is 0 Å². The number of nitrogens with zero attached hydrogens (tertiary/aromatic N) is 2. The zero-order valence-electron chi connectivity index (χ0n) is 19.3. The number of carbonyl (C=O) groups is 2. The third-order valence-electron chi connectivity index (χ3n) is 6.04. The second-order valence-electron chi connectivity index (χ2n) is 8.16. The molecule has 1 saturated heterocycles. The fraction of sp³-hybridized carbons (Fsp3) is 0.360. The van der Waals surface area contributed by atoms with Gasteiger partial charge in [-0.2, -0.15) is 0 Å². The van der Waals surface area contributed by atoms with E-state index in [-0.39, 0.29) is 12.6 Å². The van der Waals surface area contributed by atoms with Crippen LogP contribution in [0.5, 0.6) is 5.75 Å². The van der Waals surface area contributed by atoms with E-state index in [4.69, 9.17) is 21.1 Å². The molecule has 0 unspecified atom stereocenters. The first-order valence-electron chi connectivity index (χ1n) is 11.3. The summed E-state index contributed by atoms with van der Waals surface area (Å²) in [5.74, 6) is 0.388. The van der Waals surface area contributed by atoms with E-state index in [0.717, 1.165) is 43.2 Å². The summed E-state index contributed by atoms with van der Waals surface area (Å²) in [6.45, 7) is 5.71. The van der Waals surface area contributed by atoms with Gasteiger partial charge in [-0.3, -0.25) is 4.90 Å². The molecule has 34 heavy (non-hydrogen) atoms. The molecule has 0 spiro atoms. The molecule has 8 nitrogen and oxygen atoms in total. The number of amides is 2. The first kappa shape index (κ1) is 23.9. The predicted molar refractivity (Wildman–Crippen MR) is 131 cm³/mol. The van der Waals surface area contributed by atoms with Gasteiger partial charge in [0.1, 0.15) is 5.75 Å². The monoisotopic (exact) mass is 484 g/mol. The first-order chi connectivity index (χ1) is 16.5. The number of ether oxygens (including phenoxy) is 2. The largest absolute Gasteiger partial charge is 0.497 e. The van der Waals surface area contributed by atoms with Gasteiger partial charge in [-0.05, 0) is 48.9 Å². The Labute approximate surface area is 204 Å². The fourth-order valence-corrected chi connectivity index (χ4v) is 4.40. The van der Waals surface area contributed by atoms with Crippen LogP contribution in [-0.4, -0.2) is 63.3 Å². The molecule has 2 heterocycles. The van der Waals surface area contributed by atoms with E-state index in [0.29, 0.717) is 22.8 Å². The third-order valence-corrected chi connectivity index (χ3v) is 6.30. The predicted octanol–water partition coefficient (Wildman–Crippen LogP) is 3.34. The van der Waals surface area contributed by atoms with Gasteiger partial charge in [-0.1, -0.05) is 23.7 Å². The van der Waals surface area contributed by atoms with Crippen molar-refractivity contribution < 1.29 is 19.1 Å². The third kappa shape index (κ3) is 5.46. The van der Waals surface area contributed by atoms with Gasteiger partial charge >= 0.3 is 12.0 Å². The standard InChI is InChI=1S/C25H29ClN4O4/c1-3-34-24(31)22-21(27-25(32)28-23(22)17-4-6-18(26)7-5-17)16-29-12-14-30(15-13-29)19-8-10-20(33-2)11-9-19/h4-11,23H,3,12-16H2,1-2H3,(H2,27,28,32)/t23-/m1/s1. The van der Waals surface area contributed by atoms with Crippen LogP contribution in [0.2, 0.25) is 5.02 Å². The Balaban J connectivity index is 1.52. The Kier molecular flexibility index (Phi) is 7.59. The molecule has 0 aliphatic carbocycles. The zero-order valence-corrected chi connectivity index (χ0v) is 20.1. The van der Waals surface area contributed by atoms with E-state index in [9.17, 15) is 9.59 Å². The lowest BCUT2D eigenvalue weighted by Crippen LogP contribution is -2.51. The molecule has 180 valence electrons. The molecule has 1 fully saturated rings. The number of carbonyl (C=O) groups excluding carboxylic acids is 2. The summed E-state index contributed by atoms with van der Waals surface area (Å²) in [7, 11) is 1.66. The van der Waals surface area contributed by atoms with E-state index >= 15 is 0 Å². The van der Waals surface area contributed by atoms with Gasteiger partial charge in [0.05, 0.1) is 25.3 Å². The van der Waals surface area contributed by atoms with Crippen LogP contribution in [0.15, 0.2) is 59.8 Å². The van der Waals surface area contributed by atoms with Crippen LogP contribution in [0.4, 0.5) is 10.5 Å². The van der Waals surface area contributed by atoms with Crippen LogP contribution in [0.25, 0.3) is 0 Å². The van der Waals surface area contributed by atoms with E-state index in [2.05, 4.69) is 32.6 Å². The molecule has 1 atom stereocenters. The minimum absolute atomic E-state index is 0.247. The summed E-state index contributed by atoms with van der Waals surface area (Å²) < 4.78 is 10.6. The van der Waals surface area contributed by atoms with Crippen molar-refractivity contribution >= 4 is 29.3 Å². The number of esters is 1. The maximum atomic E-state index is 13.0. The van der Waals surface area contributed by atoms with Gasteiger partial charge in [-0.25, -0.2) is 9.59 Å². The summed E-state index contributed by atoms with van der Waals surface area (Å²) in [5, 5.41) is 6.30. The van der Waals surface area contributed by atoms with Gasteiger partial charge in [0.2, 0.25) is 0 Å². The number of benzene rings is 2. The fourth-order valence-electron chi connectivity index (χ4n) is 4.28. The lowest BCUT2D eigenvalue weighted by Gasteiger charge is -2.38. The van der Waals surface area contributed by atoms with Crippen molar-refractivity contribution in [2.45, 2.75) is 13.0 Å². The first-order valence-corrected chi connectivity index (χ1v) is 11.7. The second kappa shape index (κ2) is 10.8. The molecule has 0 aromatic heterocycles. The van der Waals surface area contributed by atoms with E-state index in [1.54, 1.807) is 26.2 Å². The van der Waals surface area contributed by atoms with Gasteiger partial charge in [0.25, 0.3) is 0 Å². The summed E-state index contributed by atoms with van der Waals surface area (Å²) in [4.78, 5) is 30.0. The minimum atomic E-state index is -0.611. The summed E-state index contributed by atoms with van der Waals surface area (Å²) in [6, 6.07) is 14.2. The Morgan fingerprint density at radius 3 is 2.35 bits per heavy atom. The summed E-state index contributed by atoms with van der Waals surface area (Å²) >= 11 is 6.04. The number of hydrogen-bond acceptors (Lipinski definition) is 6. The number of urea groups is 1. The van der Waals surface area contributed by atoms with Gasteiger partial charge in [-0.15, -0.1) is 0 Å². The highest BCUT2D eigenvalue weighted by molar-refractivity contribution is 6.30. The lowest BCUT2D eigenvalue weighted by atomic mass is 9.95. The van der Waals surface area contributed by atoms with Crippen molar-refractivity contribution in [3.05, 3.63) is 70.4 Å². The summed E-state index contributed by atoms with van der Waals surface area (Å²) in [5.41, 5.74) is 2.90. The van der Waals surface area contributed by atoms with Gasteiger partial charge in [0.15, 0.2) is 0 Å². The molecule has 0 radical (unpaired) electrons. The molecule has 2 amide bonds. The van der Waals surface area contributed by atoms with Crippen molar-refractivity contribution in [1.29, 1.82) is 0 Å². The topological polar surface area (TPSA) is 83.1 Å². The van der Waals surface area contributed by atoms with Gasteiger partial charge in [0, 0.05) is 49.1 Å². The molecule has 2 aliphatic heterocycles. The maximum Gasteiger partial charge on any atom is 0.338 e. The van der Waals surface area contributed by atoms with Crippen LogP contribution >= 0.6 is 11.6 Å². The SMILES string of the molecule is CCOC(=O)C1=C(CN2CCN(c3ccc(OC)cc3)CC2)NC(=O)N[C@@H]1c1ccc(Cl)cc1. The van der Waals surface area contributed by atoms with Crippen LogP contribution < -0.4 is 20.3 Å². The van der Waals surface area contributed by atoms with Crippen molar-refractivity contribution in [1.82, 2.24) is 15.5 Å². The highest BCUT2D eigenvalue weighted by atomic mass is 35.5. The Hall–Kier alpha value is -3.23. The number of hydrogen-bond donors (Lipinski definition) is 2. The number of anilines is 1. The number of rotatable bonds is 7. The summed E-state index contributed by atoms with van der Waals surface area (Å²) in [6.07, 6.45) is 0. The molecule has 2 aromatic carbocycles. The minimum Gasteiger partial charge on any atom is -0.497 e. The number of methoxy groups -OCH3 is 1. The molecule has 0 bridgehead atoms. The van der Waals surface area contributed by atoms with E-state index in [1.807, 2.05) is 24.3 Å². The van der Waals surface area contributed by atoms with Crippen LogP contribution in [0.1, 0.15) is 18.5 Å². The normalized spacial score (nSPS) is 18.9. The average Bonchev–Trinajstić information content (AvgIpc) is 2.85. The van der Waals surface area contributed by atoms with Crippen molar-refractivity contribution in [2.24, 2.45) is 0 Å². The molecule has 0 saturated carbocycles. The van der Waals surface area contributed by atoms with E-state index < -0.39 is 12.0 Å². The maximum absolute atomic E-state index is 13.0. The smallest absolute Gasteiger partial charge is 0.338 e. The second-order valence-corrected chi connectivity index (χ2v) is 8.59. The Morgan fingerprint density at radius 1 is 1.06 bits per heavy atom. The highest BCUT2D eigenvalue weighted by Gasteiger charge is 2.34. The van der Waals surface area contributed by atoms with Crippen LogP contribution in [-0.2, 0) is 9.53 Å². The molecule has 2 aliphatic rings. The van der Waals surface area contributed by atoms with Crippen LogP contribution in [0, 0.1) is 0 Å². The molecular weight excluding hydrogens is 456 g/mol. The number of nitrogens with one attached hydrogen (secondary N) is 2. The molecule has 9 heteroatoms. The average molecular weight is 485 g/mol. The molecule has 2 aromatic rings. The molecule has 4 rings (SSSR count). The molecular formula is C25H29ClN4O4. The number of piperazine rings is 1. The quantitative estimate of drug-likeness (QED) is 0.586. The highest BCUT2D eigenvalue weighted by Crippen LogP contribution is 2.29.